The zero-order valence-corrected chi connectivity index (χ0v) is 12.4. The van der Waals surface area contributed by atoms with Gasteiger partial charge in [-0.3, -0.25) is 0 Å². The van der Waals surface area contributed by atoms with Crippen LogP contribution in [0.15, 0.2) is 24.3 Å². The number of piperidine rings is 1. The van der Waals surface area contributed by atoms with Crippen LogP contribution >= 0.6 is 0 Å². The molecule has 2 unspecified atom stereocenters. The molecule has 3 heteroatoms. The van der Waals surface area contributed by atoms with Crippen LogP contribution in [0.25, 0.3) is 0 Å². The normalized spacial score (nSPS) is 22.2. The molecule has 0 aliphatic carbocycles. The first kappa shape index (κ1) is 14.4. The number of nitrogens with one attached hydrogen (secondary N) is 1. The van der Waals surface area contributed by atoms with Crippen LogP contribution in [0, 0.1) is 0 Å². The van der Waals surface area contributed by atoms with Gasteiger partial charge in [0, 0.05) is 18.6 Å². The van der Waals surface area contributed by atoms with Gasteiger partial charge in [0.25, 0.3) is 0 Å². The summed E-state index contributed by atoms with van der Waals surface area (Å²) in [6.45, 7) is 7.36. The van der Waals surface area contributed by atoms with Gasteiger partial charge in [0.2, 0.25) is 0 Å². The third-order valence-corrected chi connectivity index (χ3v) is 3.80. The maximum Gasteiger partial charge on any atom is 0.119 e. The first-order valence-electron chi connectivity index (χ1n) is 7.36. The minimum Gasteiger partial charge on any atom is -0.494 e. The summed E-state index contributed by atoms with van der Waals surface area (Å²) < 4.78 is 5.48. The van der Waals surface area contributed by atoms with E-state index in [1.165, 1.54) is 24.9 Å². The van der Waals surface area contributed by atoms with Crippen molar-refractivity contribution in [3.8, 4) is 5.75 Å². The van der Waals surface area contributed by atoms with E-state index in [4.69, 9.17) is 4.74 Å². The van der Waals surface area contributed by atoms with Crippen molar-refractivity contribution in [2.45, 2.75) is 38.8 Å². The number of likely N-dealkylation sites (N-methyl/N-ethyl adjacent to an activating group) is 1. The maximum absolute atomic E-state index is 5.48. The molecule has 1 N–H and O–H groups in total. The molecule has 2 atom stereocenters. The van der Waals surface area contributed by atoms with Crippen LogP contribution in [0.5, 0.6) is 5.75 Å². The van der Waals surface area contributed by atoms with Gasteiger partial charge in [-0.05, 0) is 58.0 Å². The molecule has 0 aromatic heterocycles. The third kappa shape index (κ3) is 4.22. The van der Waals surface area contributed by atoms with Crippen LogP contribution in [0.3, 0.4) is 0 Å². The summed E-state index contributed by atoms with van der Waals surface area (Å²) in [7, 11) is 2.20. The van der Waals surface area contributed by atoms with E-state index >= 15 is 0 Å². The summed E-state index contributed by atoms with van der Waals surface area (Å²) in [4.78, 5) is 2.41. The molecule has 3 nitrogen and oxygen atoms in total. The van der Waals surface area contributed by atoms with Gasteiger partial charge in [-0.2, -0.15) is 0 Å². The monoisotopic (exact) mass is 262 g/mol. The molecule has 0 bridgehead atoms. The molecule has 1 aliphatic rings. The van der Waals surface area contributed by atoms with Gasteiger partial charge in [-0.15, -0.1) is 0 Å². The summed E-state index contributed by atoms with van der Waals surface area (Å²) in [5, 5.41) is 3.73. The smallest absolute Gasteiger partial charge is 0.119 e. The lowest BCUT2D eigenvalue weighted by Gasteiger charge is -2.32. The highest BCUT2D eigenvalue weighted by molar-refractivity contribution is 5.29. The summed E-state index contributed by atoms with van der Waals surface area (Å²) in [6.07, 6.45) is 2.58. The Kier molecular flexibility index (Phi) is 5.23. The average Bonchev–Trinajstić information content (AvgIpc) is 2.40. The van der Waals surface area contributed by atoms with Gasteiger partial charge >= 0.3 is 0 Å². The molecule has 0 saturated carbocycles. The van der Waals surface area contributed by atoms with E-state index in [0.717, 1.165) is 18.9 Å². The minimum absolute atomic E-state index is 0.396. The highest BCUT2D eigenvalue weighted by Crippen LogP contribution is 2.19. The number of nitrogens with zero attached hydrogens (tertiary/aromatic N) is 1. The van der Waals surface area contributed by atoms with Gasteiger partial charge in [-0.1, -0.05) is 12.1 Å². The van der Waals surface area contributed by atoms with Gasteiger partial charge in [0.1, 0.15) is 5.75 Å². The predicted octanol–water partition coefficient (Wildman–Crippen LogP) is 2.83. The van der Waals surface area contributed by atoms with E-state index in [-0.39, 0.29) is 0 Å². The summed E-state index contributed by atoms with van der Waals surface area (Å²) >= 11 is 0. The van der Waals surface area contributed by atoms with Crippen LogP contribution in [0.1, 0.15) is 38.3 Å². The molecule has 106 valence electrons. The van der Waals surface area contributed by atoms with Gasteiger partial charge in [-0.25, -0.2) is 0 Å². The van der Waals surface area contributed by atoms with E-state index in [1.807, 2.05) is 6.92 Å². The zero-order chi connectivity index (χ0) is 13.7. The lowest BCUT2D eigenvalue weighted by atomic mass is 10.0. The van der Waals surface area contributed by atoms with Crippen LogP contribution in [0.2, 0.25) is 0 Å². The first-order chi connectivity index (χ1) is 9.19. The SMILES string of the molecule is CCOc1ccc(C(C)NC2CCCN(C)C2)cc1. The maximum atomic E-state index is 5.48. The van der Waals surface area contributed by atoms with Gasteiger partial charge < -0.3 is 15.0 Å². The predicted molar refractivity (Wildman–Crippen MR) is 79.7 cm³/mol. The van der Waals surface area contributed by atoms with Gasteiger partial charge in [0.15, 0.2) is 0 Å². The number of likely N-dealkylation sites (tertiary alicyclic amines) is 1. The molecule has 1 aromatic carbocycles. The molecule has 19 heavy (non-hydrogen) atoms. The van der Waals surface area contributed by atoms with Crippen molar-refractivity contribution in [3.63, 3.8) is 0 Å². The fraction of sp³-hybridized carbons (Fsp3) is 0.625. The molecule has 2 rings (SSSR count). The Balaban J connectivity index is 1.89. The van der Waals surface area contributed by atoms with E-state index in [0.29, 0.717) is 12.1 Å². The highest BCUT2D eigenvalue weighted by atomic mass is 16.5. The first-order valence-corrected chi connectivity index (χ1v) is 7.36. The molecule has 1 aromatic rings. The van der Waals surface area contributed by atoms with Crippen molar-refractivity contribution < 1.29 is 4.74 Å². The van der Waals surface area contributed by atoms with Crippen molar-refractivity contribution in [2.75, 3.05) is 26.7 Å². The average molecular weight is 262 g/mol. The molecular formula is C16H26N2O. The molecule has 1 aliphatic heterocycles. The van der Waals surface area contributed by atoms with Crippen LogP contribution in [-0.4, -0.2) is 37.7 Å². The fourth-order valence-corrected chi connectivity index (χ4v) is 2.77. The second-order valence-corrected chi connectivity index (χ2v) is 5.49. The molecule has 1 fully saturated rings. The zero-order valence-electron chi connectivity index (χ0n) is 12.4. The molecule has 0 radical (unpaired) electrons. The summed E-state index contributed by atoms with van der Waals surface area (Å²) in [5.74, 6) is 0.954. The number of benzene rings is 1. The highest BCUT2D eigenvalue weighted by Gasteiger charge is 2.19. The molecule has 0 spiro atoms. The Morgan fingerprint density at radius 1 is 1.37 bits per heavy atom. The lowest BCUT2D eigenvalue weighted by molar-refractivity contribution is 0.218. The lowest BCUT2D eigenvalue weighted by Crippen LogP contribution is -2.44. The number of hydrogen-bond donors (Lipinski definition) is 1. The second-order valence-electron chi connectivity index (χ2n) is 5.49. The van der Waals surface area contributed by atoms with Crippen molar-refractivity contribution >= 4 is 0 Å². The van der Waals surface area contributed by atoms with Gasteiger partial charge in [0.05, 0.1) is 6.61 Å². The third-order valence-electron chi connectivity index (χ3n) is 3.80. The van der Waals surface area contributed by atoms with Crippen molar-refractivity contribution in [3.05, 3.63) is 29.8 Å². The van der Waals surface area contributed by atoms with Crippen molar-refractivity contribution in [1.29, 1.82) is 0 Å². The standard InChI is InChI=1S/C16H26N2O/c1-4-19-16-9-7-14(8-10-16)13(2)17-15-6-5-11-18(3)12-15/h7-10,13,15,17H,4-6,11-12H2,1-3H3. The number of ether oxygens (including phenoxy) is 1. The number of hydrogen-bond acceptors (Lipinski definition) is 3. The Bertz CT molecular complexity index is 377. The molecule has 1 saturated heterocycles. The van der Waals surface area contributed by atoms with Crippen molar-refractivity contribution in [1.82, 2.24) is 10.2 Å². The summed E-state index contributed by atoms with van der Waals surface area (Å²) in [5.41, 5.74) is 1.33. The fourth-order valence-electron chi connectivity index (χ4n) is 2.77. The minimum atomic E-state index is 0.396. The summed E-state index contributed by atoms with van der Waals surface area (Å²) in [6, 6.07) is 9.45. The van der Waals surface area contributed by atoms with Crippen LogP contribution in [-0.2, 0) is 0 Å². The second kappa shape index (κ2) is 6.92. The van der Waals surface area contributed by atoms with Crippen LogP contribution < -0.4 is 10.1 Å². The molecule has 0 amide bonds. The number of rotatable bonds is 5. The largest absolute Gasteiger partial charge is 0.494 e. The Morgan fingerprint density at radius 3 is 2.74 bits per heavy atom. The van der Waals surface area contributed by atoms with E-state index < -0.39 is 0 Å². The van der Waals surface area contributed by atoms with Crippen molar-refractivity contribution in [2.24, 2.45) is 0 Å². The topological polar surface area (TPSA) is 24.5 Å². The Hall–Kier alpha value is -1.06. The van der Waals surface area contributed by atoms with Crippen LogP contribution in [0.4, 0.5) is 0 Å². The molecular weight excluding hydrogens is 236 g/mol. The molecule has 1 heterocycles. The van der Waals surface area contributed by atoms with E-state index in [9.17, 15) is 0 Å². The Labute approximate surface area is 116 Å². The Morgan fingerprint density at radius 2 is 2.11 bits per heavy atom. The quantitative estimate of drug-likeness (QED) is 0.883. The van der Waals surface area contributed by atoms with E-state index in [2.05, 4.69) is 48.5 Å². The van der Waals surface area contributed by atoms with E-state index in [1.54, 1.807) is 0 Å².